The summed E-state index contributed by atoms with van der Waals surface area (Å²) in [5.74, 6) is 0.422. The number of hydrogen-bond acceptors (Lipinski definition) is 12. The van der Waals surface area contributed by atoms with Crippen molar-refractivity contribution < 1.29 is 57.5 Å². The molecule has 6 rings (SSSR count). The fourth-order valence-electron chi connectivity index (χ4n) is 6.20. The summed E-state index contributed by atoms with van der Waals surface area (Å²) in [7, 11) is 4.53. The second-order valence-electron chi connectivity index (χ2n) is 13.4. The van der Waals surface area contributed by atoms with E-state index in [1.807, 2.05) is 36.4 Å². The average molecular weight is 800 g/mol. The van der Waals surface area contributed by atoms with E-state index >= 15 is 0 Å². The minimum absolute atomic E-state index is 0.158. The van der Waals surface area contributed by atoms with Gasteiger partial charge < -0.3 is 43.8 Å². The van der Waals surface area contributed by atoms with Gasteiger partial charge in [-0.1, -0.05) is 36.4 Å². The Bertz CT molecular complexity index is 1880. The first-order valence-corrected chi connectivity index (χ1v) is 18.8. The third kappa shape index (κ3) is 12.9. The number of hydroxylamine groups is 1. The summed E-state index contributed by atoms with van der Waals surface area (Å²) in [5.41, 5.74) is 6.59. The van der Waals surface area contributed by atoms with Gasteiger partial charge in [0.15, 0.2) is 0 Å². The second kappa shape index (κ2) is 22.0. The Morgan fingerprint density at radius 3 is 1.57 bits per heavy atom. The molecule has 15 heteroatoms. The van der Waals surface area contributed by atoms with Gasteiger partial charge in [0.1, 0.15) is 48.4 Å². The number of esters is 1. The Labute approximate surface area is 336 Å². The van der Waals surface area contributed by atoms with Gasteiger partial charge >= 0.3 is 5.97 Å². The maximum Gasteiger partial charge on any atom is 0.308 e. The number of carbonyl (C=O) groups excluding carboxylic acids is 4. The van der Waals surface area contributed by atoms with Crippen LogP contribution in [0.25, 0.3) is 0 Å². The van der Waals surface area contributed by atoms with Crippen molar-refractivity contribution in [3.8, 4) is 23.0 Å². The first-order valence-electron chi connectivity index (χ1n) is 18.8. The van der Waals surface area contributed by atoms with E-state index in [1.165, 1.54) is 12.6 Å². The van der Waals surface area contributed by atoms with Gasteiger partial charge in [-0.05, 0) is 96.5 Å². The molecule has 4 bridgehead atoms. The van der Waals surface area contributed by atoms with E-state index in [1.54, 1.807) is 56.7 Å². The fourth-order valence-corrected chi connectivity index (χ4v) is 6.20. The molecule has 2 aliphatic heterocycles. The Morgan fingerprint density at radius 1 is 0.672 bits per heavy atom. The highest BCUT2D eigenvalue weighted by atomic mass is 16.5. The predicted octanol–water partition coefficient (Wildman–Crippen LogP) is 5.55. The molecule has 15 nitrogen and oxygen atoms in total. The van der Waals surface area contributed by atoms with Gasteiger partial charge in [0.25, 0.3) is 11.8 Å². The molecular weight excluding hydrogens is 750 g/mol. The molecule has 2 atom stereocenters. The monoisotopic (exact) mass is 799 g/mol. The van der Waals surface area contributed by atoms with Crippen LogP contribution in [0.5, 0.6) is 23.0 Å². The number of anilines is 2. The number of amides is 3. The molecule has 0 saturated heterocycles. The molecule has 2 aliphatic rings. The molecule has 58 heavy (non-hydrogen) atoms. The molecule has 2 heterocycles. The lowest BCUT2D eigenvalue weighted by molar-refractivity contribution is -0.147. The quantitative estimate of drug-likeness (QED) is 0.108. The highest BCUT2D eigenvalue weighted by molar-refractivity contribution is 5.98. The summed E-state index contributed by atoms with van der Waals surface area (Å²) in [6.07, 6.45) is 0.347. The number of nitrogens with one attached hydrogen (secondary N) is 3. The van der Waals surface area contributed by atoms with Crippen LogP contribution in [0.15, 0.2) is 84.9 Å². The van der Waals surface area contributed by atoms with Gasteiger partial charge in [0.05, 0.1) is 45.5 Å². The van der Waals surface area contributed by atoms with Crippen LogP contribution in [0, 0.1) is 0 Å². The molecule has 0 aromatic heterocycles. The molecule has 0 spiro atoms. The largest absolute Gasteiger partial charge is 0.497 e. The Balaban J connectivity index is 0.000000221. The summed E-state index contributed by atoms with van der Waals surface area (Å²) in [5, 5.41) is 14.3. The van der Waals surface area contributed by atoms with E-state index in [0.717, 1.165) is 40.2 Å². The zero-order valence-corrected chi connectivity index (χ0v) is 32.7. The third-order valence-corrected chi connectivity index (χ3v) is 9.12. The van der Waals surface area contributed by atoms with Gasteiger partial charge in [0, 0.05) is 13.2 Å². The summed E-state index contributed by atoms with van der Waals surface area (Å²) in [4.78, 5) is 48.7. The number of hydrogen-bond donors (Lipinski definition) is 4. The Morgan fingerprint density at radius 2 is 1.12 bits per heavy atom. The van der Waals surface area contributed by atoms with E-state index < -0.39 is 35.9 Å². The zero-order chi connectivity index (χ0) is 41.3. The van der Waals surface area contributed by atoms with Crippen molar-refractivity contribution in [2.45, 2.75) is 63.9 Å². The number of methoxy groups -OCH3 is 3. The molecule has 0 radical (unpaired) electrons. The number of fused-ring (bicyclic) bond motifs is 6. The van der Waals surface area contributed by atoms with E-state index in [2.05, 4.69) is 16.7 Å². The van der Waals surface area contributed by atoms with Crippen LogP contribution < -0.4 is 35.1 Å². The molecule has 0 fully saturated rings. The normalized spacial score (nSPS) is 17.2. The Hall–Kier alpha value is -6.16. The standard InChI is InChI=1S/C22H25NO6.C21H24N2O6/c1-26-17-11-15-6-5-9-28-20(13-21(24)27-2)22(25)23-18-7-3-4-8-19(18)29-14-16(10-15)12-17;1-27-16-10-14-5-4-8-28-19(12-20(24)23-26)21(25)22-17-6-2-3-7-18(17)29-13-15(9-14)11-16/h3-4,7-8,10-12,20H,5-6,9,13-14H2,1-2H3,(H,23,25);2-3,6-7,9-11,19,26H,4-5,8,12-13H2,1H3,(H,22,25)(H,23,24). The van der Waals surface area contributed by atoms with Crippen LogP contribution in [0.2, 0.25) is 0 Å². The summed E-state index contributed by atoms with van der Waals surface area (Å²) in [6.45, 7) is 1.25. The highest BCUT2D eigenvalue weighted by Crippen LogP contribution is 2.29. The van der Waals surface area contributed by atoms with Crippen LogP contribution >= 0.6 is 0 Å². The maximum absolute atomic E-state index is 12.7. The SMILES string of the molecule is COC(=O)CC1OCCCc2cc(cc(OC)c2)COc2ccccc2NC1=O.COc1cc2cc(c1)COc1ccccc1NC(=O)C(CC(=O)NO)OCCC2. The molecule has 4 N–H and O–H groups in total. The van der Waals surface area contributed by atoms with Gasteiger partial charge in [-0.25, -0.2) is 5.48 Å². The molecule has 308 valence electrons. The molecule has 0 aliphatic carbocycles. The maximum atomic E-state index is 12.7. The minimum atomic E-state index is -1.04. The lowest BCUT2D eigenvalue weighted by atomic mass is 10.1. The number of aryl methyl sites for hydroxylation is 2. The van der Waals surface area contributed by atoms with E-state index in [-0.39, 0.29) is 19.4 Å². The topological polar surface area (TPSA) is 189 Å². The molecule has 4 aromatic carbocycles. The number of para-hydroxylation sites is 4. The van der Waals surface area contributed by atoms with Gasteiger partial charge in [-0.15, -0.1) is 0 Å². The second-order valence-corrected chi connectivity index (χ2v) is 13.4. The number of benzene rings is 4. The molecule has 4 aromatic rings. The predicted molar refractivity (Wildman–Crippen MR) is 212 cm³/mol. The Kier molecular flexibility index (Phi) is 16.3. The number of rotatable bonds is 6. The third-order valence-electron chi connectivity index (χ3n) is 9.12. The van der Waals surface area contributed by atoms with E-state index in [0.29, 0.717) is 62.0 Å². The van der Waals surface area contributed by atoms with Crippen LogP contribution in [0.4, 0.5) is 11.4 Å². The van der Waals surface area contributed by atoms with Gasteiger partial charge in [0.2, 0.25) is 5.91 Å². The molecule has 3 amide bonds. The smallest absolute Gasteiger partial charge is 0.308 e. The van der Waals surface area contributed by atoms with Gasteiger partial charge in [-0.2, -0.15) is 0 Å². The van der Waals surface area contributed by atoms with Crippen LogP contribution in [-0.2, 0) is 59.4 Å². The number of ether oxygens (including phenoxy) is 7. The lowest BCUT2D eigenvalue weighted by Crippen LogP contribution is -2.36. The highest BCUT2D eigenvalue weighted by Gasteiger charge is 2.26. The van der Waals surface area contributed by atoms with E-state index in [9.17, 15) is 19.2 Å². The lowest BCUT2D eigenvalue weighted by Gasteiger charge is -2.19. The van der Waals surface area contributed by atoms with Crippen molar-refractivity contribution in [2.24, 2.45) is 0 Å². The molecule has 2 unspecified atom stereocenters. The van der Waals surface area contributed by atoms with Crippen LogP contribution in [-0.4, -0.2) is 75.6 Å². The van der Waals surface area contributed by atoms with Crippen molar-refractivity contribution in [3.05, 3.63) is 107 Å². The van der Waals surface area contributed by atoms with Crippen molar-refractivity contribution in [1.29, 1.82) is 0 Å². The summed E-state index contributed by atoms with van der Waals surface area (Å²) >= 11 is 0. The van der Waals surface area contributed by atoms with Crippen molar-refractivity contribution in [1.82, 2.24) is 5.48 Å². The van der Waals surface area contributed by atoms with Crippen LogP contribution in [0.1, 0.15) is 47.9 Å². The molecule has 0 saturated carbocycles. The fraction of sp³-hybridized carbons (Fsp3) is 0.349. The molecular formula is C43H49N3O12. The van der Waals surface area contributed by atoms with Crippen molar-refractivity contribution in [3.63, 3.8) is 0 Å². The number of carbonyl (C=O) groups is 4. The first-order chi connectivity index (χ1) is 28.2. The van der Waals surface area contributed by atoms with E-state index in [4.69, 9.17) is 38.4 Å². The minimum Gasteiger partial charge on any atom is -0.497 e. The first kappa shape index (κ1) is 43.0. The summed E-state index contributed by atoms with van der Waals surface area (Å²) in [6, 6.07) is 26.1. The average Bonchev–Trinajstić information content (AvgIpc) is 3.24. The van der Waals surface area contributed by atoms with Crippen LogP contribution in [0.3, 0.4) is 0 Å². The summed E-state index contributed by atoms with van der Waals surface area (Å²) < 4.78 is 38.8. The zero-order valence-electron chi connectivity index (χ0n) is 32.7. The van der Waals surface area contributed by atoms with Gasteiger partial charge in [-0.3, -0.25) is 24.4 Å². The van der Waals surface area contributed by atoms with Crippen molar-refractivity contribution in [2.75, 3.05) is 45.2 Å². The van der Waals surface area contributed by atoms with Crippen molar-refractivity contribution >= 4 is 35.1 Å².